The van der Waals surface area contributed by atoms with Gasteiger partial charge in [-0.25, -0.2) is 0 Å². The van der Waals surface area contributed by atoms with Crippen LogP contribution >= 0.6 is 11.8 Å². The molecule has 0 aliphatic heterocycles. The number of hydrogen-bond donors (Lipinski definition) is 1. The van der Waals surface area contributed by atoms with Gasteiger partial charge in [0.1, 0.15) is 12.4 Å². The number of nitrogens with zero attached hydrogens (tertiary/aromatic N) is 1. The van der Waals surface area contributed by atoms with Crippen molar-refractivity contribution in [3.63, 3.8) is 0 Å². The molecule has 3 nitrogen and oxygen atoms in total. The number of hydrogen-bond acceptors (Lipinski definition) is 4. The lowest BCUT2D eigenvalue weighted by Crippen LogP contribution is -2.14. The zero-order valence-corrected chi connectivity index (χ0v) is 14.5. The van der Waals surface area contributed by atoms with E-state index in [1.54, 1.807) is 6.07 Å². The summed E-state index contributed by atoms with van der Waals surface area (Å²) in [6.07, 6.45) is 3.78. The van der Waals surface area contributed by atoms with Crippen LogP contribution in [0.4, 0.5) is 0 Å². The summed E-state index contributed by atoms with van der Waals surface area (Å²) in [7, 11) is 0. The van der Waals surface area contributed by atoms with Gasteiger partial charge in [0.2, 0.25) is 0 Å². The molecule has 2 aromatic rings. The summed E-state index contributed by atoms with van der Waals surface area (Å²) in [5.41, 5.74) is 1.42. The van der Waals surface area contributed by atoms with Gasteiger partial charge >= 0.3 is 0 Å². The van der Waals surface area contributed by atoms with Gasteiger partial charge in [-0.3, -0.25) is 0 Å². The molecule has 1 unspecified atom stereocenters. The molecular weight excluding hydrogens is 318 g/mol. The molecular formula is C20H23NO2S. The summed E-state index contributed by atoms with van der Waals surface area (Å²) in [4.78, 5) is 1.21. The average Bonchev–Trinajstić information content (AvgIpc) is 2.64. The Morgan fingerprint density at radius 3 is 2.46 bits per heavy atom. The molecule has 0 saturated carbocycles. The van der Waals surface area contributed by atoms with Gasteiger partial charge in [0.05, 0.1) is 6.07 Å². The molecule has 2 aromatic carbocycles. The van der Waals surface area contributed by atoms with E-state index in [0.717, 1.165) is 12.2 Å². The molecule has 2 rings (SSSR count). The Kier molecular flexibility index (Phi) is 8.23. The highest BCUT2D eigenvalue weighted by atomic mass is 32.2. The second-order valence-electron chi connectivity index (χ2n) is 5.57. The van der Waals surface area contributed by atoms with Gasteiger partial charge in [0.15, 0.2) is 6.10 Å². The Morgan fingerprint density at radius 1 is 1.00 bits per heavy atom. The first-order chi connectivity index (χ1) is 11.8. The van der Waals surface area contributed by atoms with Crippen LogP contribution in [-0.2, 0) is 6.42 Å². The fraction of sp³-hybridized carbons (Fsp3) is 0.350. The van der Waals surface area contributed by atoms with E-state index in [2.05, 4.69) is 30.3 Å². The highest BCUT2D eigenvalue weighted by Crippen LogP contribution is 2.23. The minimum Gasteiger partial charge on any atom is -0.490 e. The van der Waals surface area contributed by atoms with Crippen molar-refractivity contribution < 1.29 is 9.84 Å². The van der Waals surface area contributed by atoms with Crippen LogP contribution in [0.15, 0.2) is 59.5 Å². The minimum absolute atomic E-state index is 0.00437. The van der Waals surface area contributed by atoms with E-state index < -0.39 is 6.10 Å². The number of rotatable bonds is 10. The van der Waals surface area contributed by atoms with Gasteiger partial charge in [-0.15, -0.1) is 11.8 Å². The Hall–Kier alpha value is -1.96. The van der Waals surface area contributed by atoms with Crippen LogP contribution in [0.25, 0.3) is 0 Å². The lowest BCUT2D eigenvalue weighted by atomic mass is 10.1. The smallest absolute Gasteiger partial charge is 0.174 e. The number of unbranched alkanes of at least 4 members (excludes halogenated alkanes) is 2. The molecule has 0 heterocycles. The van der Waals surface area contributed by atoms with Crippen molar-refractivity contribution in [2.75, 3.05) is 12.4 Å². The summed E-state index contributed by atoms with van der Waals surface area (Å²) in [6.45, 7) is 0.00437. The molecule has 1 atom stereocenters. The number of ether oxygens (including phenoxy) is 1. The molecule has 0 amide bonds. The lowest BCUT2D eigenvalue weighted by Gasteiger charge is -2.07. The van der Waals surface area contributed by atoms with Crippen molar-refractivity contribution in [1.29, 1.82) is 5.26 Å². The third-order valence-electron chi connectivity index (χ3n) is 3.60. The number of aliphatic hydroxyl groups excluding tert-OH is 1. The van der Waals surface area contributed by atoms with Gasteiger partial charge in [-0.05, 0) is 54.8 Å². The number of aryl methyl sites for hydroxylation is 1. The summed E-state index contributed by atoms with van der Waals surface area (Å²) in [6, 6.07) is 20.1. The highest BCUT2D eigenvalue weighted by Gasteiger charge is 2.02. The SMILES string of the molecule is N#CC(O)COc1ccc(SCCCCCc2ccccc2)cc1. The van der Waals surface area contributed by atoms with Gasteiger partial charge in [-0.2, -0.15) is 5.26 Å². The molecule has 4 heteroatoms. The van der Waals surface area contributed by atoms with Crippen LogP contribution in [0, 0.1) is 11.3 Å². The first kappa shape index (κ1) is 18.4. The lowest BCUT2D eigenvalue weighted by molar-refractivity contribution is 0.150. The maximum atomic E-state index is 9.14. The van der Waals surface area contributed by atoms with Crippen molar-refractivity contribution in [3.8, 4) is 11.8 Å². The molecule has 1 N–H and O–H groups in total. The van der Waals surface area contributed by atoms with Gasteiger partial charge in [-0.1, -0.05) is 36.8 Å². The normalized spacial score (nSPS) is 11.7. The average molecular weight is 341 g/mol. The molecule has 24 heavy (non-hydrogen) atoms. The maximum absolute atomic E-state index is 9.14. The predicted molar refractivity (Wildman–Crippen MR) is 98.3 cm³/mol. The Labute approximate surface area is 148 Å². The third kappa shape index (κ3) is 7.08. The maximum Gasteiger partial charge on any atom is 0.174 e. The molecule has 0 aromatic heterocycles. The van der Waals surface area contributed by atoms with Gasteiger partial charge in [0.25, 0.3) is 0 Å². The van der Waals surface area contributed by atoms with E-state index in [9.17, 15) is 0 Å². The summed E-state index contributed by atoms with van der Waals surface area (Å²) in [5, 5.41) is 17.6. The Morgan fingerprint density at radius 2 is 1.75 bits per heavy atom. The molecule has 0 saturated heterocycles. The zero-order valence-electron chi connectivity index (χ0n) is 13.7. The van der Waals surface area contributed by atoms with Crippen LogP contribution in [0.5, 0.6) is 5.75 Å². The molecule has 0 spiro atoms. The first-order valence-electron chi connectivity index (χ1n) is 8.25. The van der Waals surface area contributed by atoms with E-state index in [0.29, 0.717) is 5.75 Å². The number of benzene rings is 2. The van der Waals surface area contributed by atoms with Crippen molar-refractivity contribution in [2.45, 2.75) is 36.7 Å². The molecule has 0 aliphatic carbocycles. The van der Waals surface area contributed by atoms with E-state index in [-0.39, 0.29) is 6.61 Å². The summed E-state index contributed by atoms with van der Waals surface area (Å²) in [5.74, 6) is 1.79. The third-order valence-corrected chi connectivity index (χ3v) is 4.70. The van der Waals surface area contributed by atoms with E-state index in [1.807, 2.05) is 36.0 Å². The Balaban J connectivity index is 1.58. The second kappa shape index (κ2) is 10.7. The Bertz CT molecular complexity index is 622. The fourth-order valence-corrected chi connectivity index (χ4v) is 3.20. The molecule has 126 valence electrons. The number of aliphatic hydroxyl groups is 1. The minimum atomic E-state index is -1.07. The van der Waals surface area contributed by atoms with Crippen LogP contribution < -0.4 is 4.74 Å². The van der Waals surface area contributed by atoms with Crippen molar-refractivity contribution in [3.05, 3.63) is 60.2 Å². The second-order valence-corrected chi connectivity index (χ2v) is 6.74. The first-order valence-corrected chi connectivity index (χ1v) is 9.24. The topological polar surface area (TPSA) is 53.2 Å². The van der Waals surface area contributed by atoms with Crippen molar-refractivity contribution in [1.82, 2.24) is 0 Å². The largest absolute Gasteiger partial charge is 0.490 e. The van der Waals surface area contributed by atoms with E-state index >= 15 is 0 Å². The van der Waals surface area contributed by atoms with Crippen LogP contribution in [0.3, 0.4) is 0 Å². The van der Waals surface area contributed by atoms with E-state index in [4.69, 9.17) is 15.1 Å². The van der Waals surface area contributed by atoms with Crippen LogP contribution in [0.2, 0.25) is 0 Å². The van der Waals surface area contributed by atoms with Gasteiger partial charge < -0.3 is 9.84 Å². The quantitative estimate of drug-likeness (QED) is 0.394. The summed E-state index contributed by atoms with van der Waals surface area (Å²) < 4.78 is 5.33. The molecule has 0 aliphatic rings. The number of thioether (sulfide) groups is 1. The zero-order chi connectivity index (χ0) is 17.0. The van der Waals surface area contributed by atoms with Crippen molar-refractivity contribution >= 4 is 11.8 Å². The summed E-state index contributed by atoms with van der Waals surface area (Å²) >= 11 is 1.85. The molecule has 0 fully saturated rings. The fourth-order valence-electron chi connectivity index (χ4n) is 2.29. The van der Waals surface area contributed by atoms with Gasteiger partial charge in [0, 0.05) is 4.90 Å². The highest BCUT2D eigenvalue weighted by molar-refractivity contribution is 7.99. The standard InChI is InChI=1S/C20H23NO2S/c21-15-18(22)16-23-19-10-12-20(13-11-19)24-14-6-2-5-9-17-7-3-1-4-8-17/h1,3-4,7-8,10-13,18,22H,2,5-6,9,14,16H2. The van der Waals surface area contributed by atoms with E-state index in [1.165, 1.54) is 29.7 Å². The van der Waals surface area contributed by atoms with Crippen LogP contribution in [-0.4, -0.2) is 23.6 Å². The molecule has 0 bridgehead atoms. The van der Waals surface area contributed by atoms with Crippen molar-refractivity contribution in [2.24, 2.45) is 0 Å². The molecule has 0 radical (unpaired) electrons. The monoisotopic (exact) mass is 341 g/mol. The predicted octanol–water partition coefficient (Wildman–Crippen LogP) is 4.45. The number of nitriles is 1. The van der Waals surface area contributed by atoms with Crippen LogP contribution in [0.1, 0.15) is 24.8 Å².